The molecule has 0 spiro atoms. The van der Waals surface area contributed by atoms with Crippen LogP contribution in [0.5, 0.6) is 0 Å². The molecule has 180 valence electrons. The minimum atomic E-state index is -0.122. The van der Waals surface area contributed by atoms with Crippen LogP contribution in [-0.2, 0) is 0 Å². The number of aliphatic hydroxyl groups excluding tert-OH is 4. The average Bonchev–Trinajstić information content (AvgIpc) is 2.71. The predicted octanol–water partition coefficient (Wildman–Crippen LogP) is -0.626. The normalized spacial score (nSPS) is 21.4. The van der Waals surface area contributed by atoms with E-state index in [1.54, 1.807) is 0 Å². The van der Waals surface area contributed by atoms with E-state index >= 15 is 0 Å². The molecular formula is C22H48N4O4. The van der Waals surface area contributed by atoms with Crippen molar-refractivity contribution in [3.8, 4) is 0 Å². The fourth-order valence-electron chi connectivity index (χ4n) is 4.19. The number of β-amino-alcohol motifs (C(OH)–C–C–N with tert-alkyl or cyclic N) is 3. The quantitative estimate of drug-likeness (QED) is 0.383. The Morgan fingerprint density at radius 1 is 0.533 bits per heavy atom. The lowest BCUT2D eigenvalue weighted by Crippen LogP contribution is -2.41. The molecule has 1 saturated heterocycles. The highest BCUT2D eigenvalue weighted by Gasteiger charge is 2.21. The first-order valence-corrected chi connectivity index (χ1v) is 11.8. The summed E-state index contributed by atoms with van der Waals surface area (Å²) in [6.45, 7) is 15.4. The Morgan fingerprint density at radius 3 is 1.20 bits per heavy atom. The molecule has 4 N–H and O–H groups in total. The molecule has 0 amide bonds. The highest BCUT2D eigenvalue weighted by Crippen LogP contribution is 2.16. The molecule has 8 nitrogen and oxygen atoms in total. The van der Waals surface area contributed by atoms with Gasteiger partial charge in [-0.25, -0.2) is 0 Å². The summed E-state index contributed by atoms with van der Waals surface area (Å²) in [7, 11) is 0. The summed E-state index contributed by atoms with van der Waals surface area (Å²) in [6, 6.07) is 0. The third-order valence-corrected chi connectivity index (χ3v) is 5.91. The van der Waals surface area contributed by atoms with E-state index in [2.05, 4.69) is 33.4 Å². The first-order valence-electron chi connectivity index (χ1n) is 11.8. The van der Waals surface area contributed by atoms with Crippen LogP contribution in [0.2, 0.25) is 0 Å². The summed E-state index contributed by atoms with van der Waals surface area (Å²) in [5, 5.41) is 38.0. The van der Waals surface area contributed by atoms with Gasteiger partial charge < -0.3 is 30.2 Å². The van der Waals surface area contributed by atoms with Crippen molar-refractivity contribution >= 4 is 0 Å². The molecule has 0 aromatic heterocycles. The molecule has 0 unspecified atom stereocenters. The third kappa shape index (κ3) is 12.5. The summed E-state index contributed by atoms with van der Waals surface area (Å²) < 4.78 is 0. The van der Waals surface area contributed by atoms with E-state index in [1.165, 1.54) is 0 Å². The summed E-state index contributed by atoms with van der Waals surface area (Å²) in [4.78, 5) is 9.42. The van der Waals surface area contributed by atoms with E-state index in [9.17, 15) is 20.4 Å². The first kappa shape index (κ1) is 27.7. The van der Waals surface area contributed by atoms with Crippen LogP contribution in [0, 0.1) is 5.41 Å². The van der Waals surface area contributed by atoms with Gasteiger partial charge in [0.25, 0.3) is 0 Å². The van der Waals surface area contributed by atoms with Crippen LogP contribution in [-0.4, -0.2) is 145 Å². The van der Waals surface area contributed by atoms with Gasteiger partial charge in [0, 0.05) is 51.3 Å². The largest absolute Gasteiger partial charge is 0.396 e. The van der Waals surface area contributed by atoms with Gasteiger partial charge in [-0.3, -0.25) is 9.80 Å². The first-order chi connectivity index (χ1) is 14.4. The summed E-state index contributed by atoms with van der Waals surface area (Å²) in [5.41, 5.74) is -0.122. The summed E-state index contributed by atoms with van der Waals surface area (Å²) >= 11 is 0. The van der Waals surface area contributed by atoms with Gasteiger partial charge in [0.1, 0.15) is 0 Å². The van der Waals surface area contributed by atoms with E-state index in [-0.39, 0.29) is 31.8 Å². The van der Waals surface area contributed by atoms with Crippen molar-refractivity contribution in [2.75, 3.05) is 105 Å². The highest BCUT2D eigenvalue weighted by molar-refractivity contribution is 4.75. The highest BCUT2D eigenvalue weighted by atomic mass is 16.3. The van der Waals surface area contributed by atoms with Crippen LogP contribution in [0.15, 0.2) is 0 Å². The second-order valence-corrected chi connectivity index (χ2v) is 9.35. The molecule has 0 saturated carbocycles. The molecule has 0 radical (unpaired) electrons. The van der Waals surface area contributed by atoms with Crippen LogP contribution < -0.4 is 0 Å². The second-order valence-electron chi connectivity index (χ2n) is 9.35. The van der Waals surface area contributed by atoms with E-state index in [0.29, 0.717) is 19.6 Å². The summed E-state index contributed by atoms with van der Waals surface area (Å²) in [6.07, 6.45) is 3.09. The zero-order valence-electron chi connectivity index (χ0n) is 19.5. The number of hydrogen-bond donors (Lipinski definition) is 4. The van der Waals surface area contributed by atoms with E-state index < -0.39 is 0 Å². The Balaban J connectivity index is 2.79. The molecule has 1 aliphatic heterocycles. The predicted molar refractivity (Wildman–Crippen MR) is 122 cm³/mol. The van der Waals surface area contributed by atoms with Crippen LogP contribution >= 0.6 is 0 Å². The summed E-state index contributed by atoms with van der Waals surface area (Å²) in [5.74, 6) is 0. The third-order valence-electron chi connectivity index (χ3n) is 5.91. The number of aliphatic hydroxyl groups is 4. The van der Waals surface area contributed by atoms with Crippen molar-refractivity contribution in [2.24, 2.45) is 5.41 Å². The molecule has 0 aliphatic carbocycles. The van der Waals surface area contributed by atoms with E-state index in [4.69, 9.17) is 0 Å². The molecule has 1 fully saturated rings. The van der Waals surface area contributed by atoms with Crippen LogP contribution in [0.3, 0.4) is 0 Å². The Bertz CT molecular complexity index is 415. The fourth-order valence-corrected chi connectivity index (χ4v) is 4.19. The molecule has 1 heterocycles. The minimum absolute atomic E-state index is 0.122. The number of rotatable bonds is 9. The number of hydrogen-bond acceptors (Lipinski definition) is 8. The smallest absolute Gasteiger partial charge is 0.0558 e. The molecule has 0 atom stereocenters. The Labute approximate surface area is 184 Å². The maximum atomic E-state index is 9.70. The van der Waals surface area contributed by atoms with Gasteiger partial charge in [0.15, 0.2) is 0 Å². The monoisotopic (exact) mass is 432 g/mol. The number of nitrogens with zero attached hydrogens (tertiary/aromatic N) is 4. The fraction of sp³-hybridized carbons (Fsp3) is 1.00. The van der Waals surface area contributed by atoms with Crippen LogP contribution in [0.25, 0.3) is 0 Å². The lowest BCUT2D eigenvalue weighted by Gasteiger charge is -2.32. The van der Waals surface area contributed by atoms with Gasteiger partial charge in [-0.2, -0.15) is 0 Å². The van der Waals surface area contributed by atoms with Gasteiger partial charge in [-0.15, -0.1) is 0 Å². The zero-order valence-corrected chi connectivity index (χ0v) is 19.5. The van der Waals surface area contributed by atoms with Crippen molar-refractivity contribution in [1.82, 2.24) is 19.6 Å². The van der Waals surface area contributed by atoms with Crippen molar-refractivity contribution in [1.29, 1.82) is 0 Å². The maximum Gasteiger partial charge on any atom is 0.0558 e. The minimum Gasteiger partial charge on any atom is -0.396 e. The molecule has 8 heteroatoms. The molecular weight excluding hydrogens is 384 g/mol. The van der Waals surface area contributed by atoms with Crippen LogP contribution in [0.1, 0.15) is 33.1 Å². The second kappa shape index (κ2) is 16.3. The van der Waals surface area contributed by atoms with Gasteiger partial charge in [-0.1, -0.05) is 13.8 Å². The lowest BCUT2D eigenvalue weighted by molar-refractivity contribution is 0.0949. The maximum absolute atomic E-state index is 9.70. The van der Waals surface area contributed by atoms with Gasteiger partial charge in [-0.05, 0) is 58.5 Å². The standard InChI is InChI=1S/C22H48N4O4/c1-22(2,21-30)20-26-10-4-7-23(14-17-27)6-3-8-24(15-18-28)12-13-25(16-19-29)9-5-11-26/h27-30H,3-21H2,1-2H3. The van der Waals surface area contributed by atoms with Gasteiger partial charge >= 0.3 is 0 Å². The molecule has 0 bridgehead atoms. The van der Waals surface area contributed by atoms with Crippen molar-refractivity contribution in [3.05, 3.63) is 0 Å². The zero-order chi connectivity index (χ0) is 22.2. The van der Waals surface area contributed by atoms with Crippen molar-refractivity contribution in [3.63, 3.8) is 0 Å². The Kier molecular flexibility index (Phi) is 15.1. The van der Waals surface area contributed by atoms with Gasteiger partial charge in [0.2, 0.25) is 0 Å². The van der Waals surface area contributed by atoms with Gasteiger partial charge in [0.05, 0.1) is 19.8 Å². The van der Waals surface area contributed by atoms with E-state index in [0.717, 1.165) is 78.2 Å². The molecule has 1 aliphatic rings. The average molecular weight is 433 g/mol. The van der Waals surface area contributed by atoms with Crippen molar-refractivity contribution in [2.45, 2.75) is 33.1 Å². The van der Waals surface area contributed by atoms with Crippen LogP contribution in [0.4, 0.5) is 0 Å². The van der Waals surface area contributed by atoms with Crippen molar-refractivity contribution < 1.29 is 20.4 Å². The lowest BCUT2D eigenvalue weighted by atomic mass is 9.94. The Morgan fingerprint density at radius 2 is 0.867 bits per heavy atom. The van der Waals surface area contributed by atoms with E-state index in [1.807, 2.05) is 0 Å². The molecule has 0 aromatic carbocycles. The SMILES string of the molecule is CC(C)(CO)CN1CCCN(CCO)CCCN(CCO)CCN(CCO)CCC1. The molecule has 1 rings (SSSR count). The molecule has 30 heavy (non-hydrogen) atoms. The molecule has 0 aromatic rings. The Hall–Kier alpha value is -0.320. The topological polar surface area (TPSA) is 93.9 Å².